The molecule has 0 aromatic heterocycles. The van der Waals surface area contributed by atoms with Gasteiger partial charge in [0.05, 0.1) is 5.56 Å². The number of hydrogen-bond acceptors (Lipinski definition) is 4. The normalized spacial score (nSPS) is 9.42. The smallest absolute Gasteiger partial charge is 0.303 e. The van der Waals surface area contributed by atoms with Gasteiger partial charge in [-0.1, -0.05) is 12.1 Å². The van der Waals surface area contributed by atoms with Crippen LogP contribution >= 0.6 is 0 Å². The molecule has 0 spiro atoms. The molecule has 6 heteroatoms. The molecule has 0 bridgehead atoms. The van der Waals surface area contributed by atoms with Gasteiger partial charge in [0.15, 0.2) is 6.61 Å². The third-order valence-electron chi connectivity index (χ3n) is 2.26. The highest BCUT2D eigenvalue weighted by Gasteiger charge is 2.06. The van der Waals surface area contributed by atoms with Crippen molar-refractivity contribution < 1.29 is 19.4 Å². The first kappa shape index (κ1) is 14.5. The molecule has 0 fully saturated rings. The third kappa shape index (κ3) is 5.55. The zero-order chi connectivity index (χ0) is 14.1. The van der Waals surface area contributed by atoms with E-state index in [9.17, 15) is 9.59 Å². The number of amides is 1. The summed E-state index contributed by atoms with van der Waals surface area (Å²) in [7, 11) is 0. The number of carbonyl (C=O) groups is 2. The average Bonchev–Trinajstić information content (AvgIpc) is 2.41. The molecule has 19 heavy (non-hydrogen) atoms. The van der Waals surface area contributed by atoms with Crippen molar-refractivity contribution in [2.75, 3.05) is 13.2 Å². The van der Waals surface area contributed by atoms with Gasteiger partial charge in [-0.15, -0.1) is 0 Å². The van der Waals surface area contributed by atoms with E-state index in [0.29, 0.717) is 17.7 Å². The third-order valence-corrected chi connectivity index (χ3v) is 2.26. The summed E-state index contributed by atoms with van der Waals surface area (Å²) < 4.78 is 5.22. The summed E-state index contributed by atoms with van der Waals surface area (Å²) in [4.78, 5) is 21.7. The second-order valence-corrected chi connectivity index (χ2v) is 3.74. The van der Waals surface area contributed by atoms with Crippen LogP contribution in [0.4, 0.5) is 0 Å². The van der Waals surface area contributed by atoms with Crippen LogP contribution < -0.4 is 10.1 Å². The van der Waals surface area contributed by atoms with Crippen LogP contribution in [-0.2, 0) is 9.59 Å². The summed E-state index contributed by atoms with van der Waals surface area (Å²) in [6, 6.07) is 8.58. The number of rotatable bonds is 7. The molecule has 0 aliphatic rings. The number of aliphatic carboxylic acids is 1. The molecule has 6 nitrogen and oxygen atoms in total. The zero-order valence-electron chi connectivity index (χ0n) is 10.3. The van der Waals surface area contributed by atoms with Gasteiger partial charge in [-0.25, -0.2) is 0 Å². The van der Waals surface area contributed by atoms with E-state index in [1.165, 1.54) is 0 Å². The molecule has 100 valence electrons. The Kier molecular flexibility index (Phi) is 5.89. The number of carboxylic acid groups (broad SMARTS) is 1. The minimum Gasteiger partial charge on any atom is -0.482 e. The van der Waals surface area contributed by atoms with E-state index in [1.807, 2.05) is 6.07 Å². The topological polar surface area (TPSA) is 99.4 Å². The Morgan fingerprint density at radius 1 is 1.37 bits per heavy atom. The Morgan fingerprint density at radius 3 is 2.79 bits per heavy atom. The maximum Gasteiger partial charge on any atom is 0.303 e. The van der Waals surface area contributed by atoms with Crippen molar-refractivity contribution in [3.05, 3.63) is 29.8 Å². The molecule has 0 saturated carbocycles. The van der Waals surface area contributed by atoms with Gasteiger partial charge >= 0.3 is 5.97 Å². The van der Waals surface area contributed by atoms with Gasteiger partial charge < -0.3 is 15.2 Å². The number of carboxylic acids is 1. The van der Waals surface area contributed by atoms with Gasteiger partial charge in [-0.2, -0.15) is 5.26 Å². The second-order valence-electron chi connectivity index (χ2n) is 3.74. The fraction of sp³-hybridized carbons (Fsp3) is 0.308. The van der Waals surface area contributed by atoms with Gasteiger partial charge in [0.1, 0.15) is 11.8 Å². The number of hydrogen-bond donors (Lipinski definition) is 2. The first-order valence-electron chi connectivity index (χ1n) is 5.74. The van der Waals surface area contributed by atoms with Crippen molar-refractivity contribution in [1.29, 1.82) is 5.26 Å². The summed E-state index contributed by atoms with van der Waals surface area (Å²) in [5.41, 5.74) is 0.362. The van der Waals surface area contributed by atoms with Crippen LogP contribution in [-0.4, -0.2) is 30.1 Å². The molecule has 1 rings (SSSR count). The number of nitriles is 1. The molecule has 0 unspecified atom stereocenters. The maximum absolute atomic E-state index is 11.4. The number of ether oxygens (including phenoxy) is 1. The van der Waals surface area contributed by atoms with Gasteiger partial charge in [-0.3, -0.25) is 9.59 Å². The molecular formula is C13H14N2O4. The van der Waals surface area contributed by atoms with Crippen molar-refractivity contribution in [2.24, 2.45) is 0 Å². The highest BCUT2D eigenvalue weighted by atomic mass is 16.5. The van der Waals surface area contributed by atoms with Gasteiger partial charge in [0.25, 0.3) is 5.91 Å². The summed E-state index contributed by atoms with van der Waals surface area (Å²) >= 11 is 0. The van der Waals surface area contributed by atoms with Crippen molar-refractivity contribution in [3.8, 4) is 11.8 Å². The minimum absolute atomic E-state index is 0.0123. The van der Waals surface area contributed by atoms with Crippen molar-refractivity contribution >= 4 is 11.9 Å². The molecule has 1 amide bonds. The molecule has 1 aromatic rings. The van der Waals surface area contributed by atoms with Crippen LogP contribution in [0.3, 0.4) is 0 Å². The number of nitrogens with zero attached hydrogens (tertiary/aromatic N) is 1. The number of para-hydroxylation sites is 1. The number of carbonyl (C=O) groups excluding carboxylic acids is 1. The molecule has 1 aromatic carbocycles. The lowest BCUT2D eigenvalue weighted by atomic mass is 10.2. The molecule has 0 aliphatic carbocycles. The van der Waals surface area contributed by atoms with Gasteiger partial charge in [0.2, 0.25) is 0 Å². The van der Waals surface area contributed by atoms with E-state index < -0.39 is 5.97 Å². The lowest BCUT2D eigenvalue weighted by Gasteiger charge is -2.07. The monoisotopic (exact) mass is 262 g/mol. The molecule has 0 radical (unpaired) electrons. The Bertz CT molecular complexity index is 494. The van der Waals surface area contributed by atoms with Crippen LogP contribution in [0.5, 0.6) is 5.75 Å². The highest BCUT2D eigenvalue weighted by molar-refractivity contribution is 5.77. The molecule has 0 heterocycles. The summed E-state index contributed by atoms with van der Waals surface area (Å²) in [6.07, 6.45) is 0.383. The van der Waals surface area contributed by atoms with E-state index in [4.69, 9.17) is 15.1 Å². The van der Waals surface area contributed by atoms with E-state index in [2.05, 4.69) is 5.32 Å². The molecular weight excluding hydrogens is 248 g/mol. The molecule has 0 aliphatic heterocycles. The van der Waals surface area contributed by atoms with Gasteiger partial charge in [-0.05, 0) is 18.6 Å². The SMILES string of the molecule is N#Cc1ccccc1OCC(=O)NCCCC(=O)O. The predicted molar refractivity (Wildman–Crippen MR) is 66.5 cm³/mol. The second kappa shape index (κ2) is 7.71. The Morgan fingerprint density at radius 2 is 2.11 bits per heavy atom. The predicted octanol–water partition coefficient (Wildman–Crippen LogP) is 0.918. The van der Waals surface area contributed by atoms with Crippen molar-refractivity contribution in [1.82, 2.24) is 5.32 Å². The van der Waals surface area contributed by atoms with Crippen LogP contribution in [0.15, 0.2) is 24.3 Å². The maximum atomic E-state index is 11.4. The van der Waals surface area contributed by atoms with E-state index in [1.54, 1.807) is 24.3 Å². The van der Waals surface area contributed by atoms with E-state index in [-0.39, 0.29) is 25.5 Å². The van der Waals surface area contributed by atoms with Crippen LogP contribution in [0.2, 0.25) is 0 Å². The molecule has 0 saturated heterocycles. The van der Waals surface area contributed by atoms with Crippen molar-refractivity contribution in [3.63, 3.8) is 0 Å². The molecule has 2 N–H and O–H groups in total. The van der Waals surface area contributed by atoms with Crippen LogP contribution in [0, 0.1) is 11.3 Å². The Balaban J connectivity index is 2.30. The van der Waals surface area contributed by atoms with Crippen LogP contribution in [0.1, 0.15) is 18.4 Å². The summed E-state index contributed by atoms with van der Waals surface area (Å²) in [6.45, 7) is 0.0835. The number of nitrogens with one attached hydrogen (secondary N) is 1. The van der Waals surface area contributed by atoms with Crippen LogP contribution in [0.25, 0.3) is 0 Å². The van der Waals surface area contributed by atoms with E-state index >= 15 is 0 Å². The van der Waals surface area contributed by atoms with Crippen molar-refractivity contribution in [2.45, 2.75) is 12.8 Å². The minimum atomic E-state index is -0.895. The first-order chi connectivity index (χ1) is 9.13. The Hall–Kier alpha value is -2.55. The van der Waals surface area contributed by atoms with Gasteiger partial charge in [0, 0.05) is 13.0 Å². The lowest BCUT2D eigenvalue weighted by molar-refractivity contribution is -0.137. The quantitative estimate of drug-likeness (QED) is 0.712. The zero-order valence-corrected chi connectivity index (χ0v) is 10.3. The average molecular weight is 262 g/mol. The molecule has 0 atom stereocenters. The fourth-order valence-electron chi connectivity index (χ4n) is 1.35. The standard InChI is InChI=1S/C13H14N2O4/c14-8-10-4-1-2-5-11(10)19-9-12(16)15-7-3-6-13(17)18/h1-2,4-5H,3,6-7,9H2,(H,15,16)(H,17,18). The Labute approximate surface area is 110 Å². The fourth-order valence-corrected chi connectivity index (χ4v) is 1.35. The van der Waals surface area contributed by atoms with E-state index in [0.717, 1.165) is 0 Å². The lowest BCUT2D eigenvalue weighted by Crippen LogP contribution is -2.30. The highest BCUT2D eigenvalue weighted by Crippen LogP contribution is 2.15. The first-order valence-corrected chi connectivity index (χ1v) is 5.74. The number of benzene rings is 1. The largest absolute Gasteiger partial charge is 0.482 e. The summed E-state index contributed by atoms with van der Waals surface area (Å²) in [5, 5.41) is 19.8. The summed E-state index contributed by atoms with van der Waals surface area (Å²) in [5.74, 6) is -0.891.